The van der Waals surface area contributed by atoms with Gasteiger partial charge in [0, 0.05) is 25.6 Å². The number of likely N-dealkylation sites (tertiary alicyclic amines) is 1. The summed E-state index contributed by atoms with van der Waals surface area (Å²) >= 11 is 0. The largest absolute Gasteiger partial charge is 0.396 e. The van der Waals surface area contributed by atoms with Gasteiger partial charge in [-0.05, 0) is 31.7 Å². The van der Waals surface area contributed by atoms with Crippen molar-refractivity contribution in [1.82, 2.24) is 4.90 Å². The average Bonchev–Trinajstić information content (AvgIpc) is 2.89. The normalized spacial score (nSPS) is 36.5. The van der Waals surface area contributed by atoms with Gasteiger partial charge in [0.1, 0.15) is 0 Å². The molecule has 0 aromatic carbocycles. The van der Waals surface area contributed by atoms with Crippen molar-refractivity contribution in [3.8, 4) is 0 Å². The molecule has 2 unspecified atom stereocenters. The van der Waals surface area contributed by atoms with Crippen molar-refractivity contribution in [3.63, 3.8) is 0 Å². The molecule has 1 aliphatic heterocycles. The molecule has 1 saturated carbocycles. The van der Waals surface area contributed by atoms with Gasteiger partial charge in [0.15, 0.2) is 0 Å². The highest BCUT2D eigenvalue weighted by Crippen LogP contribution is 2.31. The molecule has 2 aliphatic rings. The van der Waals surface area contributed by atoms with Gasteiger partial charge in [0.25, 0.3) is 0 Å². The van der Waals surface area contributed by atoms with E-state index in [1.165, 1.54) is 12.8 Å². The molecule has 0 aromatic rings. The molecule has 13 heavy (non-hydrogen) atoms. The van der Waals surface area contributed by atoms with Gasteiger partial charge >= 0.3 is 0 Å². The molecule has 2 N–H and O–H groups in total. The summed E-state index contributed by atoms with van der Waals surface area (Å²) < 4.78 is 0. The van der Waals surface area contributed by atoms with Gasteiger partial charge in [0.2, 0.25) is 0 Å². The van der Waals surface area contributed by atoms with Crippen LogP contribution in [0.25, 0.3) is 0 Å². The number of β-amino-alcohol motifs (C(OH)–C–C–N with tert-alkyl or cyclic N) is 1. The predicted molar refractivity (Wildman–Crippen MR) is 50.4 cm³/mol. The Morgan fingerprint density at radius 2 is 2.00 bits per heavy atom. The summed E-state index contributed by atoms with van der Waals surface area (Å²) in [6, 6.07) is 0. The summed E-state index contributed by atoms with van der Waals surface area (Å²) in [5.74, 6) is 1.02. The van der Waals surface area contributed by atoms with Crippen molar-refractivity contribution < 1.29 is 10.2 Å². The van der Waals surface area contributed by atoms with Crippen LogP contribution in [0.3, 0.4) is 0 Å². The van der Waals surface area contributed by atoms with Crippen molar-refractivity contribution in [3.05, 3.63) is 0 Å². The minimum atomic E-state index is -0.308. The van der Waals surface area contributed by atoms with Crippen LogP contribution in [0, 0.1) is 11.8 Å². The van der Waals surface area contributed by atoms with Crippen LogP contribution in [0.2, 0.25) is 0 Å². The molecule has 3 nitrogen and oxygen atoms in total. The Kier molecular flexibility index (Phi) is 2.86. The summed E-state index contributed by atoms with van der Waals surface area (Å²) in [7, 11) is 0. The fourth-order valence-electron chi connectivity index (χ4n) is 2.09. The standard InChI is InChI=1S/C10H19NO2/c12-7-9-3-4-11(6-10(9)13)5-8-1-2-8/h8-10,12-13H,1-7H2. The zero-order valence-corrected chi connectivity index (χ0v) is 8.02. The van der Waals surface area contributed by atoms with E-state index in [4.69, 9.17) is 5.11 Å². The topological polar surface area (TPSA) is 43.7 Å². The summed E-state index contributed by atoms with van der Waals surface area (Å²) in [5, 5.41) is 18.6. The molecule has 1 heterocycles. The van der Waals surface area contributed by atoms with Gasteiger partial charge in [0.05, 0.1) is 6.10 Å². The average molecular weight is 185 g/mol. The van der Waals surface area contributed by atoms with Crippen LogP contribution in [0.4, 0.5) is 0 Å². The highest BCUT2D eigenvalue weighted by atomic mass is 16.3. The lowest BCUT2D eigenvalue weighted by atomic mass is 9.95. The van der Waals surface area contributed by atoms with E-state index < -0.39 is 0 Å². The minimum absolute atomic E-state index is 0.121. The molecule has 2 atom stereocenters. The smallest absolute Gasteiger partial charge is 0.0717 e. The van der Waals surface area contributed by atoms with Crippen molar-refractivity contribution in [2.45, 2.75) is 25.4 Å². The van der Waals surface area contributed by atoms with Gasteiger partial charge in [-0.15, -0.1) is 0 Å². The lowest BCUT2D eigenvalue weighted by Crippen LogP contribution is -2.45. The summed E-state index contributed by atoms with van der Waals surface area (Å²) in [4.78, 5) is 2.34. The highest BCUT2D eigenvalue weighted by molar-refractivity contribution is 4.84. The molecule has 3 heteroatoms. The molecule has 1 saturated heterocycles. The molecule has 0 aromatic heterocycles. The molecule has 0 spiro atoms. The first-order valence-electron chi connectivity index (χ1n) is 5.31. The van der Waals surface area contributed by atoms with E-state index in [2.05, 4.69) is 4.90 Å². The van der Waals surface area contributed by atoms with Crippen molar-refractivity contribution in [1.29, 1.82) is 0 Å². The van der Waals surface area contributed by atoms with E-state index in [1.807, 2.05) is 0 Å². The van der Waals surface area contributed by atoms with E-state index in [0.29, 0.717) is 0 Å². The SMILES string of the molecule is OCC1CCN(CC2CC2)CC1O. The molecule has 1 aliphatic carbocycles. The van der Waals surface area contributed by atoms with E-state index in [1.54, 1.807) is 0 Å². The molecular weight excluding hydrogens is 166 g/mol. The lowest BCUT2D eigenvalue weighted by Gasteiger charge is -2.35. The zero-order valence-electron chi connectivity index (χ0n) is 8.02. The third-order valence-electron chi connectivity index (χ3n) is 3.25. The minimum Gasteiger partial charge on any atom is -0.396 e. The maximum atomic E-state index is 9.67. The Bertz CT molecular complexity index is 170. The fourth-order valence-corrected chi connectivity index (χ4v) is 2.09. The molecule has 2 fully saturated rings. The zero-order chi connectivity index (χ0) is 9.26. The maximum Gasteiger partial charge on any atom is 0.0717 e. The van der Waals surface area contributed by atoms with E-state index in [9.17, 15) is 5.11 Å². The van der Waals surface area contributed by atoms with E-state index >= 15 is 0 Å². The van der Waals surface area contributed by atoms with Crippen molar-refractivity contribution in [2.24, 2.45) is 11.8 Å². The van der Waals surface area contributed by atoms with Crippen molar-refractivity contribution >= 4 is 0 Å². The maximum absolute atomic E-state index is 9.67. The molecule has 2 rings (SSSR count). The van der Waals surface area contributed by atoms with Gasteiger partial charge in [-0.25, -0.2) is 0 Å². The monoisotopic (exact) mass is 185 g/mol. The van der Waals surface area contributed by atoms with Gasteiger partial charge in [-0.2, -0.15) is 0 Å². The van der Waals surface area contributed by atoms with Crippen LogP contribution >= 0.6 is 0 Å². The second kappa shape index (κ2) is 3.95. The predicted octanol–water partition coefficient (Wildman–Crippen LogP) is 0.0715. The van der Waals surface area contributed by atoms with E-state index in [0.717, 1.165) is 32.0 Å². The third-order valence-corrected chi connectivity index (χ3v) is 3.25. The second-order valence-electron chi connectivity index (χ2n) is 4.50. The third kappa shape index (κ3) is 2.42. The lowest BCUT2D eigenvalue weighted by molar-refractivity contribution is -0.00309. The number of rotatable bonds is 3. The Morgan fingerprint density at radius 1 is 1.23 bits per heavy atom. The molecular formula is C10H19NO2. The van der Waals surface area contributed by atoms with Crippen LogP contribution in [0.5, 0.6) is 0 Å². The number of aliphatic hydroxyl groups is 2. The fraction of sp³-hybridized carbons (Fsp3) is 1.00. The van der Waals surface area contributed by atoms with Gasteiger partial charge in [-0.3, -0.25) is 0 Å². The first kappa shape index (κ1) is 9.44. The number of hydrogen-bond acceptors (Lipinski definition) is 3. The molecule has 0 bridgehead atoms. The number of piperidine rings is 1. The number of hydrogen-bond donors (Lipinski definition) is 2. The summed E-state index contributed by atoms with van der Waals surface area (Å²) in [6.45, 7) is 3.12. The molecule has 0 amide bonds. The number of nitrogens with zero attached hydrogens (tertiary/aromatic N) is 1. The first-order chi connectivity index (χ1) is 6.29. The quantitative estimate of drug-likeness (QED) is 0.654. The summed E-state index contributed by atoms with van der Waals surface area (Å²) in [5.41, 5.74) is 0. The van der Waals surface area contributed by atoms with Crippen LogP contribution < -0.4 is 0 Å². The van der Waals surface area contributed by atoms with E-state index in [-0.39, 0.29) is 18.6 Å². The van der Waals surface area contributed by atoms with Crippen LogP contribution in [0.1, 0.15) is 19.3 Å². The Hall–Kier alpha value is -0.120. The first-order valence-corrected chi connectivity index (χ1v) is 5.31. The highest BCUT2D eigenvalue weighted by Gasteiger charge is 2.30. The van der Waals surface area contributed by atoms with Crippen LogP contribution in [-0.2, 0) is 0 Å². The van der Waals surface area contributed by atoms with Gasteiger partial charge in [-0.1, -0.05) is 0 Å². The second-order valence-corrected chi connectivity index (χ2v) is 4.50. The Labute approximate surface area is 79.4 Å². The van der Waals surface area contributed by atoms with Crippen LogP contribution in [0.15, 0.2) is 0 Å². The Morgan fingerprint density at radius 3 is 2.54 bits per heavy atom. The number of aliphatic hydroxyl groups excluding tert-OH is 2. The Balaban J connectivity index is 1.76. The summed E-state index contributed by atoms with van der Waals surface area (Å²) in [6.07, 6.45) is 3.38. The molecule has 0 radical (unpaired) electrons. The molecule has 76 valence electrons. The van der Waals surface area contributed by atoms with Crippen molar-refractivity contribution in [2.75, 3.05) is 26.2 Å². The van der Waals surface area contributed by atoms with Crippen LogP contribution in [-0.4, -0.2) is 47.5 Å². The van der Waals surface area contributed by atoms with Gasteiger partial charge < -0.3 is 15.1 Å².